The summed E-state index contributed by atoms with van der Waals surface area (Å²) in [4.78, 5) is 36.1. The molecule has 0 unspecified atom stereocenters. The van der Waals surface area contributed by atoms with E-state index in [9.17, 15) is 14.4 Å². The molecule has 160 valence electrons. The normalized spacial score (nSPS) is 11.7. The molecule has 2 rings (SSSR count). The molecule has 0 aliphatic rings. The van der Waals surface area contributed by atoms with Gasteiger partial charge in [0.25, 0.3) is 11.8 Å². The fourth-order valence-corrected chi connectivity index (χ4v) is 2.47. The topological polar surface area (TPSA) is 96.5 Å². The standard InChI is InChI=1S/C23H29N3O4/c1-14(2)17-8-12-20(13-9-17)30-16(5)22(28)25-26-23(29)18-6-10-19(11-7-18)24-21(27)15(3)4/h6-16H,1-5H3,(H,24,27)(H,25,28)(H,26,29)/t16-/m1/s1. The highest BCUT2D eigenvalue weighted by Gasteiger charge is 2.16. The number of nitrogens with one attached hydrogen (secondary N) is 3. The fraction of sp³-hybridized carbons (Fsp3) is 0.348. The van der Waals surface area contributed by atoms with E-state index in [0.717, 1.165) is 0 Å². The number of anilines is 1. The van der Waals surface area contributed by atoms with E-state index in [0.29, 0.717) is 22.9 Å². The Balaban J connectivity index is 1.84. The molecule has 0 radical (unpaired) electrons. The molecular formula is C23H29N3O4. The summed E-state index contributed by atoms with van der Waals surface area (Å²) in [6, 6.07) is 13.9. The van der Waals surface area contributed by atoms with Gasteiger partial charge in [-0.25, -0.2) is 0 Å². The first-order valence-electron chi connectivity index (χ1n) is 9.95. The van der Waals surface area contributed by atoms with Crippen molar-refractivity contribution >= 4 is 23.4 Å². The average molecular weight is 412 g/mol. The smallest absolute Gasteiger partial charge is 0.279 e. The van der Waals surface area contributed by atoms with Crippen LogP contribution < -0.4 is 20.9 Å². The third kappa shape index (κ3) is 6.62. The van der Waals surface area contributed by atoms with Gasteiger partial charge in [-0.3, -0.25) is 25.2 Å². The Kier molecular flexibility index (Phi) is 7.98. The molecular weight excluding hydrogens is 382 g/mol. The van der Waals surface area contributed by atoms with Crippen LogP contribution in [0.3, 0.4) is 0 Å². The van der Waals surface area contributed by atoms with Crippen molar-refractivity contribution in [3.63, 3.8) is 0 Å². The van der Waals surface area contributed by atoms with Crippen molar-refractivity contribution in [3.8, 4) is 5.75 Å². The van der Waals surface area contributed by atoms with Crippen LogP contribution >= 0.6 is 0 Å². The number of ether oxygens (including phenoxy) is 1. The van der Waals surface area contributed by atoms with Crippen LogP contribution in [0.5, 0.6) is 5.75 Å². The predicted molar refractivity (Wildman–Crippen MR) is 116 cm³/mol. The molecule has 2 aromatic carbocycles. The molecule has 3 amide bonds. The van der Waals surface area contributed by atoms with Gasteiger partial charge in [-0.2, -0.15) is 0 Å². The maximum absolute atomic E-state index is 12.2. The molecule has 1 atom stereocenters. The van der Waals surface area contributed by atoms with Crippen molar-refractivity contribution < 1.29 is 19.1 Å². The Morgan fingerprint density at radius 3 is 1.90 bits per heavy atom. The van der Waals surface area contributed by atoms with Crippen molar-refractivity contribution in [2.75, 3.05) is 5.32 Å². The van der Waals surface area contributed by atoms with E-state index in [1.165, 1.54) is 5.56 Å². The second-order valence-electron chi connectivity index (χ2n) is 7.65. The molecule has 0 aromatic heterocycles. The first-order chi connectivity index (χ1) is 14.2. The van der Waals surface area contributed by atoms with E-state index in [1.54, 1.807) is 45.0 Å². The predicted octanol–water partition coefficient (Wildman–Crippen LogP) is 3.63. The number of rotatable bonds is 7. The third-order valence-electron chi connectivity index (χ3n) is 4.47. The number of hydrazine groups is 1. The summed E-state index contributed by atoms with van der Waals surface area (Å²) in [5.74, 6) is -0.202. The first kappa shape index (κ1) is 22.9. The minimum Gasteiger partial charge on any atom is -0.481 e. The van der Waals surface area contributed by atoms with Crippen LogP contribution in [0, 0.1) is 5.92 Å². The molecule has 0 bridgehead atoms. The molecule has 0 fully saturated rings. The minimum absolute atomic E-state index is 0.104. The molecule has 0 saturated carbocycles. The Morgan fingerprint density at radius 1 is 0.767 bits per heavy atom. The average Bonchev–Trinajstić information content (AvgIpc) is 2.72. The van der Waals surface area contributed by atoms with Gasteiger partial charge in [-0.15, -0.1) is 0 Å². The zero-order valence-corrected chi connectivity index (χ0v) is 18.0. The molecule has 0 aliphatic carbocycles. The van der Waals surface area contributed by atoms with E-state index >= 15 is 0 Å². The fourth-order valence-electron chi connectivity index (χ4n) is 2.47. The van der Waals surface area contributed by atoms with Crippen molar-refractivity contribution in [3.05, 3.63) is 59.7 Å². The maximum Gasteiger partial charge on any atom is 0.279 e. The lowest BCUT2D eigenvalue weighted by atomic mass is 10.0. The summed E-state index contributed by atoms with van der Waals surface area (Å²) in [7, 11) is 0. The molecule has 30 heavy (non-hydrogen) atoms. The van der Waals surface area contributed by atoms with Crippen LogP contribution in [-0.2, 0) is 9.59 Å². The van der Waals surface area contributed by atoms with E-state index in [1.807, 2.05) is 24.3 Å². The van der Waals surface area contributed by atoms with Gasteiger partial charge in [0.2, 0.25) is 5.91 Å². The van der Waals surface area contributed by atoms with Gasteiger partial charge in [-0.1, -0.05) is 39.8 Å². The Bertz CT molecular complexity index is 874. The lowest BCUT2D eigenvalue weighted by molar-refractivity contribution is -0.128. The molecule has 0 spiro atoms. The van der Waals surface area contributed by atoms with Crippen LogP contribution in [0.15, 0.2) is 48.5 Å². The monoisotopic (exact) mass is 411 g/mol. The Morgan fingerprint density at radius 2 is 1.37 bits per heavy atom. The van der Waals surface area contributed by atoms with E-state index in [4.69, 9.17) is 4.74 Å². The summed E-state index contributed by atoms with van der Waals surface area (Å²) < 4.78 is 5.62. The molecule has 0 aliphatic heterocycles. The number of carbonyl (C=O) groups excluding carboxylic acids is 3. The molecule has 7 heteroatoms. The molecule has 3 N–H and O–H groups in total. The van der Waals surface area contributed by atoms with Gasteiger partial charge in [0.05, 0.1) is 0 Å². The first-order valence-corrected chi connectivity index (χ1v) is 9.95. The summed E-state index contributed by atoms with van der Waals surface area (Å²) >= 11 is 0. The third-order valence-corrected chi connectivity index (χ3v) is 4.47. The highest BCUT2D eigenvalue weighted by atomic mass is 16.5. The SMILES string of the molecule is CC(C)C(=O)Nc1ccc(C(=O)NNC(=O)[C@@H](C)Oc2ccc(C(C)C)cc2)cc1. The van der Waals surface area contributed by atoms with Gasteiger partial charge in [-0.05, 0) is 54.8 Å². The van der Waals surface area contributed by atoms with Crippen LogP contribution in [-0.4, -0.2) is 23.8 Å². The number of amides is 3. The number of benzene rings is 2. The van der Waals surface area contributed by atoms with Gasteiger partial charge < -0.3 is 10.1 Å². The molecule has 2 aromatic rings. The Hall–Kier alpha value is -3.35. The van der Waals surface area contributed by atoms with E-state index in [-0.39, 0.29) is 11.8 Å². The lowest BCUT2D eigenvalue weighted by Gasteiger charge is -2.16. The van der Waals surface area contributed by atoms with Crippen LogP contribution in [0.1, 0.15) is 56.5 Å². The van der Waals surface area contributed by atoms with Gasteiger partial charge in [0, 0.05) is 17.2 Å². The van der Waals surface area contributed by atoms with Crippen molar-refractivity contribution in [2.45, 2.75) is 46.6 Å². The van der Waals surface area contributed by atoms with Gasteiger partial charge in [0.1, 0.15) is 5.75 Å². The maximum atomic E-state index is 12.2. The molecule has 7 nitrogen and oxygen atoms in total. The van der Waals surface area contributed by atoms with Gasteiger partial charge >= 0.3 is 0 Å². The quantitative estimate of drug-likeness (QED) is 0.606. The second kappa shape index (κ2) is 10.4. The summed E-state index contributed by atoms with van der Waals surface area (Å²) in [5.41, 5.74) is 6.84. The molecule has 0 heterocycles. The van der Waals surface area contributed by atoms with E-state index < -0.39 is 17.9 Å². The Labute approximate surface area is 177 Å². The lowest BCUT2D eigenvalue weighted by Crippen LogP contribution is -2.47. The molecule has 0 saturated heterocycles. The summed E-state index contributed by atoms with van der Waals surface area (Å²) in [6.07, 6.45) is -0.788. The van der Waals surface area contributed by atoms with Gasteiger partial charge in [0.15, 0.2) is 6.10 Å². The number of hydrogen-bond donors (Lipinski definition) is 3. The summed E-state index contributed by atoms with van der Waals surface area (Å²) in [6.45, 7) is 9.40. The van der Waals surface area contributed by atoms with Crippen LogP contribution in [0.2, 0.25) is 0 Å². The number of carbonyl (C=O) groups is 3. The highest BCUT2D eigenvalue weighted by molar-refractivity contribution is 5.97. The largest absolute Gasteiger partial charge is 0.481 e. The van der Waals surface area contributed by atoms with Crippen molar-refractivity contribution in [1.29, 1.82) is 0 Å². The van der Waals surface area contributed by atoms with Crippen LogP contribution in [0.25, 0.3) is 0 Å². The van der Waals surface area contributed by atoms with E-state index in [2.05, 4.69) is 30.0 Å². The van der Waals surface area contributed by atoms with Crippen molar-refractivity contribution in [1.82, 2.24) is 10.9 Å². The highest BCUT2D eigenvalue weighted by Crippen LogP contribution is 2.19. The second-order valence-corrected chi connectivity index (χ2v) is 7.65. The van der Waals surface area contributed by atoms with Crippen LogP contribution in [0.4, 0.5) is 5.69 Å². The van der Waals surface area contributed by atoms with Crippen molar-refractivity contribution in [2.24, 2.45) is 5.92 Å². The zero-order chi connectivity index (χ0) is 22.3. The zero-order valence-electron chi connectivity index (χ0n) is 18.0. The summed E-state index contributed by atoms with van der Waals surface area (Å²) in [5, 5.41) is 2.75. The number of hydrogen-bond acceptors (Lipinski definition) is 4. The minimum atomic E-state index is -0.788.